The van der Waals surface area contributed by atoms with Gasteiger partial charge in [-0.1, -0.05) is 22.9 Å². The number of amides is 1. The molecule has 3 aromatic rings. The summed E-state index contributed by atoms with van der Waals surface area (Å²) in [6.07, 6.45) is 1.23. The fourth-order valence-corrected chi connectivity index (χ4v) is 4.09. The molecule has 28 heavy (non-hydrogen) atoms. The van der Waals surface area contributed by atoms with Crippen LogP contribution in [0.15, 0.2) is 38.9 Å². The minimum absolute atomic E-state index is 0.0423. The van der Waals surface area contributed by atoms with Crippen LogP contribution >= 0.6 is 27.3 Å². The largest absolute Gasteiger partial charge is 0.478 e. The number of carboxylic acid groups (broad SMARTS) is 1. The topological polar surface area (TPSA) is 101 Å². The van der Waals surface area contributed by atoms with E-state index in [0.717, 1.165) is 22.2 Å². The number of aromatic carboxylic acids is 1. The average Bonchev–Trinajstić information content (AvgIpc) is 3.08. The second-order valence-electron chi connectivity index (χ2n) is 6.26. The van der Waals surface area contributed by atoms with Gasteiger partial charge in [0.15, 0.2) is 0 Å². The minimum Gasteiger partial charge on any atom is -0.478 e. The van der Waals surface area contributed by atoms with E-state index in [0.29, 0.717) is 22.8 Å². The maximum atomic E-state index is 13.1. The Morgan fingerprint density at radius 3 is 2.61 bits per heavy atom. The first-order valence-corrected chi connectivity index (χ1v) is 10.3. The molecule has 0 aliphatic rings. The summed E-state index contributed by atoms with van der Waals surface area (Å²) >= 11 is 4.46. The van der Waals surface area contributed by atoms with Gasteiger partial charge in [-0.2, -0.15) is 0 Å². The van der Waals surface area contributed by atoms with Gasteiger partial charge in [-0.15, -0.1) is 11.3 Å². The van der Waals surface area contributed by atoms with E-state index in [1.165, 1.54) is 9.95 Å². The molecule has 0 spiro atoms. The predicted octanol–water partition coefficient (Wildman–Crippen LogP) is 4.07. The number of carbonyl (C=O) groups excluding carboxylic acids is 1. The molecule has 0 saturated heterocycles. The van der Waals surface area contributed by atoms with Gasteiger partial charge in [-0.05, 0) is 37.6 Å². The number of aromatic nitrogens is 2. The Morgan fingerprint density at radius 2 is 2.00 bits per heavy atom. The summed E-state index contributed by atoms with van der Waals surface area (Å²) in [5, 5.41) is 13.6. The summed E-state index contributed by atoms with van der Waals surface area (Å²) in [6.45, 7) is 3.55. The third-order valence-electron chi connectivity index (χ3n) is 4.30. The van der Waals surface area contributed by atoms with Crippen molar-refractivity contribution in [2.75, 3.05) is 5.32 Å². The van der Waals surface area contributed by atoms with Crippen molar-refractivity contribution < 1.29 is 14.7 Å². The number of anilines is 1. The van der Waals surface area contributed by atoms with E-state index in [4.69, 9.17) is 0 Å². The Morgan fingerprint density at radius 1 is 1.32 bits per heavy atom. The number of nitrogens with zero attached hydrogens (tertiary/aromatic N) is 2. The number of rotatable bonds is 6. The van der Waals surface area contributed by atoms with E-state index in [2.05, 4.69) is 26.2 Å². The molecule has 0 saturated carbocycles. The van der Waals surface area contributed by atoms with E-state index in [-0.39, 0.29) is 16.9 Å². The van der Waals surface area contributed by atoms with Gasteiger partial charge >= 0.3 is 5.97 Å². The summed E-state index contributed by atoms with van der Waals surface area (Å²) in [7, 11) is 0. The van der Waals surface area contributed by atoms with E-state index in [1.807, 2.05) is 6.92 Å². The lowest BCUT2D eigenvalue weighted by Crippen LogP contribution is -2.34. The van der Waals surface area contributed by atoms with Crippen LogP contribution in [0.25, 0.3) is 10.2 Å². The molecule has 1 amide bonds. The Kier molecular flexibility index (Phi) is 5.95. The SMILES string of the molecule is CCCc1nc2scc(C(=O)O)c2c(=O)n1C(C)C(=O)Nc1ccc(Br)cc1. The second kappa shape index (κ2) is 8.24. The molecule has 0 aliphatic carbocycles. The molecule has 0 bridgehead atoms. The molecule has 3 rings (SSSR count). The molecular formula is C19H18BrN3O4S. The lowest BCUT2D eigenvalue weighted by atomic mass is 10.2. The molecule has 1 aromatic carbocycles. The monoisotopic (exact) mass is 463 g/mol. The number of halogens is 1. The second-order valence-corrected chi connectivity index (χ2v) is 8.03. The first kappa shape index (κ1) is 20.2. The summed E-state index contributed by atoms with van der Waals surface area (Å²) in [4.78, 5) is 42.2. The van der Waals surface area contributed by atoms with E-state index in [1.54, 1.807) is 31.2 Å². The molecule has 2 heterocycles. The van der Waals surface area contributed by atoms with E-state index < -0.39 is 17.6 Å². The molecule has 1 atom stereocenters. The van der Waals surface area contributed by atoms with Gasteiger partial charge < -0.3 is 10.4 Å². The zero-order valence-electron chi connectivity index (χ0n) is 15.2. The number of fused-ring (bicyclic) bond motifs is 1. The maximum Gasteiger partial charge on any atom is 0.337 e. The zero-order chi connectivity index (χ0) is 20.4. The number of nitrogens with one attached hydrogen (secondary N) is 1. The van der Waals surface area contributed by atoms with Gasteiger partial charge in [0.1, 0.15) is 16.7 Å². The molecule has 1 unspecified atom stereocenters. The summed E-state index contributed by atoms with van der Waals surface area (Å²) in [6, 6.07) is 6.23. The highest BCUT2D eigenvalue weighted by atomic mass is 79.9. The van der Waals surface area contributed by atoms with Gasteiger partial charge in [0.25, 0.3) is 5.56 Å². The van der Waals surface area contributed by atoms with Crippen LogP contribution in [-0.4, -0.2) is 26.5 Å². The summed E-state index contributed by atoms with van der Waals surface area (Å²) in [5.41, 5.74) is 0.00121. The Bertz CT molecular complexity index is 1100. The van der Waals surface area contributed by atoms with Crippen LogP contribution in [-0.2, 0) is 11.2 Å². The van der Waals surface area contributed by atoms with Gasteiger partial charge in [0.05, 0.1) is 10.9 Å². The quantitative estimate of drug-likeness (QED) is 0.573. The maximum absolute atomic E-state index is 13.1. The first-order valence-electron chi connectivity index (χ1n) is 8.65. The molecule has 0 fully saturated rings. The first-order chi connectivity index (χ1) is 13.3. The van der Waals surface area contributed by atoms with Crippen molar-refractivity contribution in [2.24, 2.45) is 0 Å². The van der Waals surface area contributed by atoms with Crippen LogP contribution in [0.1, 0.15) is 42.5 Å². The molecule has 2 N–H and O–H groups in total. The van der Waals surface area contributed by atoms with Crippen molar-refractivity contribution in [3.8, 4) is 0 Å². The highest BCUT2D eigenvalue weighted by Gasteiger charge is 2.25. The normalized spacial score (nSPS) is 12.1. The third kappa shape index (κ3) is 3.85. The molecule has 9 heteroatoms. The fraction of sp³-hybridized carbons (Fsp3) is 0.263. The molecule has 2 aromatic heterocycles. The van der Waals surface area contributed by atoms with Crippen molar-refractivity contribution in [3.63, 3.8) is 0 Å². The number of aryl methyl sites for hydroxylation is 1. The molecular weight excluding hydrogens is 446 g/mol. The smallest absolute Gasteiger partial charge is 0.337 e. The summed E-state index contributed by atoms with van der Waals surface area (Å²) in [5.74, 6) is -1.10. The Hall–Kier alpha value is -2.52. The van der Waals surface area contributed by atoms with Crippen LogP contribution in [0.4, 0.5) is 5.69 Å². The third-order valence-corrected chi connectivity index (χ3v) is 5.70. The predicted molar refractivity (Wildman–Crippen MR) is 112 cm³/mol. The standard InChI is InChI=1S/C19H18BrN3O4S/c1-3-4-14-22-17-15(13(9-28-17)19(26)27)18(25)23(14)10(2)16(24)21-12-7-5-11(20)6-8-12/h5-10H,3-4H2,1-2H3,(H,21,24)(H,26,27). The summed E-state index contributed by atoms with van der Waals surface area (Å²) < 4.78 is 2.19. The van der Waals surface area contributed by atoms with Crippen molar-refractivity contribution in [2.45, 2.75) is 32.7 Å². The lowest BCUT2D eigenvalue weighted by Gasteiger charge is -2.19. The van der Waals surface area contributed by atoms with Gasteiger partial charge in [-0.3, -0.25) is 14.2 Å². The lowest BCUT2D eigenvalue weighted by molar-refractivity contribution is -0.118. The Labute approximate surface area is 173 Å². The van der Waals surface area contributed by atoms with Crippen LogP contribution in [0.2, 0.25) is 0 Å². The fourth-order valence-electron chi connectivity index (χ4n) is 2.90. The van der Waals surface area contributed by atoms with Crippen molar-refractivity contribution in [3.05, 3.63) is 55.9 Å². The van der Waals surface area contributed by atoms with Crippen molar-refractivity contribution in [1.29, 1.82) is 0 Å². The van der Waals surface area contributed by atoms with Gasteiger partial charge in [0.2, 0.25) is 5.91 Å². The minimum atomic E-state index is -1.19. The van der Waals surface area contributed by atoms with Crippen LogP contribution < -0.4 is 10.9 Å². The average molecular weight is 464 g/mol. The number of carboxylic acids is 1. The zero-order valence-corrected chi connectivity index (χ0v) is 17.6. The number of hydrogen-bond acceptors (Lipinski definition) is 5. The molecule has 7 nitrogen and oxygen atoms in total. The highest BCUT2D eigenvalue weighted by Crippen LogP contribution is 2.24. The number of carbonyl (C=O) groups is 2. The van der Waals surface area contributed by atoms with Crippen LogP contribution in [0.5, 0.6) is 0 Å². The van der Waals surface area contributed by atoms with Gasteiger partial charge in [0, 0.05) is 22.0 Å². The number of hydrogen-bond donors (Lipinski definition) is 2. The van der Waals surface area contributed by atoms with Crippen LogP contribution in [0, 0.1) is 0 Å². The van der Waals surface area contributed by atoms with E-state index in [9.17, 15) is 19.5 Å². The number of benzene rings is 1. The van der Waals surface area contributed by atoms with E-state index >= 15 is 0 Å². The van der Waals surface area contributed by atoms with Crippen molar-refractivity contribution in [1.82, 2.24) is 9.55 Å². The van der Waals surface area contributed by atoms with Crippen LogP contribution in [0.3, 0.4) is 0 Å². The Balaban J connectivity index is 2.07. The van der Waals surface area contributed by atoms with Crippen molar-refractivity contribution >= 4 is 55.0 Å². The molecule has 0 radical (unpaired) electrons. The molecule has 146 valence electrons. The van der Waals surface area contributed by atoms with Gasteiger partial charge in [-0.25, -0.2) is 9.78 Å². The highest BCUT2D eigenvalue weighted by molar-refractivity contribution is 9.10. The molecule has 0 aliphatic heterocycles. The number of thiophene rings is 1.